The molecule has 2 unspecified atom stereocenters. The molecule has 0 aromatic heterocycles. The SMILES string of the molecule is OCCCC1CSCC1O. The molecule has 3 heteroatoms. The van der Waals surface area contributed by atoms with Crippen LogP contribution in [0.25, 0.3) is 0 Å². The Hall–Kier alpha value is 0.270. The van der Waals surface area contributed by atoms with Crippen LogP contribution in [0.4, 0.5) is 0 Å². The van der Waals surface area contributed by atoms with Crippen molar-refractivity contribution in [2.45, 2.75) is 18.9 Å². The lowest BCUT2D eigenvalue weighted by Gasteiger charge is -2.11. The van der Waals surface area contributed by atoms with Gasteiger partial charge in [0.25, 0.3) is 0 Å². The van der Waals surface area contributed by atoms with Gasteiger partial charge in [0.1, 0.15) is 0 Å². The van der Waals surface area contributed by atoms with E-state index in [4.69, 9.17) is 5.11 Å². The van der Waals surface area contributed by atoms with Crippen molar-refractivity contribution >= 4 is 11.8 Å². The van der Waals surface area contributed by atoms with Gasteiger partial charge in [0.2, 0.25) is 0 Å². The number of hydrogen-bond acceptors (Lipinski definition) is 3. The van der Waals surface area contributed by atoms with E-state index in [-0.39, 0.29) is 12.7 Å². The van der Waals surface area contributed by atoms with E-state index in [1.54, 1.807) is 0 Å². The van der Waals surface area contributed by atoms with Gasteiger partial charge >= 0.3 is 0 Å². The first-order chi connectivity index (χ1) is 4.84. The molecule has 0 saturated carbocycles. The molecule has 1 fully saturated rings. The Morgan fingerprint density at radius 3 is 2.70 bits per heavy atom. The number of rotatable bonds is 3. The average Bonchev–Trinajstić information content (AvgIpc) is 2.31. The summed E-state index contributed by atoms with van der Waals surface area (Å²) in [5.74, 6) is 2.40. The Labute approximate surface area is 65.6 Å². The standard InChI is InChI=1S/C7H14O2S/c8-3-1-2-6-4-10-5-7(6)9/h6-9H,1-5H2. The van der Waals surface area contributed by atoms with Gasteiger partial charge in [-0.1, -0.05) is 0 Å². The van der Waals surface area contributed by atoms with Crippen LogP contribution in [-0.2, 0) is 0 Å². The highest BCUT2D eigenvalue weighted by Crippen LogP contribution is 2.27. The van der Waals surface area contributed by atoms with E-state index in [1.807, 2.05) is 11.8 Å². The van der Waals surface area contributed by atoms with Crippen LogP contribution >= 0.6 is 11.8 Å². The highest BCUT2D eigenvalue weighted by Gasteiger charge is 2.24. The van der Waals surface area contributed by atoms with Crippen molar-refractivity contribution in [2.24, 2.45) is 5.92 Å². The molecule has 0 radical (unpaired) electrons. The predicted molar refractivity (Wildman–Crippen MR) is 43.1 cm³/mol. The second kappa shape index (κ2) is 4.21. The van der Waals surface area contributed by atoms with E-state index in [9.17, 15) is 5.11 Å². The summed E-state index contributed by atoms with van der Waals surface area (Å²) in [6.07, 6.45) is 1.70. The smallest absolute Gasteiger partial charge is 0.0666 e. The minimum atomic E-state index is -0.114. The first kappa shape index (κ1) is 8.37. The number of thioether (sulfide) groups is 1. The summed E-state index contributed by atoms with van der Waals surface area (Å²) in [4.78, 5) is 0. The fraction of sp³-hybridized carbons (Fsp3) is 1.00. The van der Waals surface area contributed by atoms with Crippen LogP contribution in [0.15, 0.2) is 0 Å². The molecule has 0 amide bonds. The lowest BCUT2D eigenvalue weighted by atomic mass is 10.0. The van der Waals surface area contributed by atoms with Crippen LogP contribution in [-0.4, -0.2) is 34.4 Å². The number of aliphatic hydroxyl groups excluding tert-OH is 2. The van der Waals surface area contributed by atoms with Gasteiger partial charge in [0, 0.05) is 12.4 Å². The maximum absolute atomic E-state index is 9.31. The molecule has 60 valence electrons. The van der Waals surface area contributed by atoms with Crippen molar-refractivity contribution in [2.75, 3.05) is 18.1 Å². The van der Waals surface area contributed by atoms with E-state index in [0.717, 1.165) is 24.3 Å². The molecule has 1 heterocycles. The zero-order chi connectivity index (χ0) is 7.40. The molecule has 1 aliphatic rings. The molecule has 1 aliphatic heterocycles. The largest absolute Gasteiger partial charge is 0.396 e. The van der Waals surface area contributed by atoms with Gasteiger partial charge in [-0.25, -0.2) is 0 Å². The molecule has 2 atom stereocenters. The predicted octanol–water partition coefficient (Wildman–Crippen LogP) is 0.483. The van der Waals surface area contributed by atoms with Crippen molar-refractivity contribution in [3.63, 3.8) is 0 Å². The summed E-state index contributed by atoms with van der Waals surface area (Å²) < 4.78 is 0. The molecular weight excluding hydrogens is 148 g/mol. The third-order valence-electron chi connectivity index (χ3n) is 1.90. The minimum absolute atomic E-state index is 0.114. The highest BCUT2D eigenvalue weighted by molar-refractivity contribution is 7.99. The van der Waals surface area contributed by atoms with E-state index >= 15 is 0 Å². The van der Waals surface area contributed by atoms with Crippen LogP contribution < -0.4 is 0 Å². The van der Waals surface area contributed by atoms with Crippen LogP contribution in [0.5, 0.6) is 0 Å². The first-order valence-electron chi connectivity index (χ1n) is 3.71. The second-order valence-corrected chi connectivity index (χ2v) is 3.81. The Balaban J connectivity index is 2.14. The summed E-state index contributed by atoms with van der Waals surface area (Å²) in [6, 6.07) is 0. The molecule has 0 spiro atoms. The third kappa shape index (κ3) is 2.15. The van der Waals surface area contributed by atoms with Crippen molar-refractivity contribution in [3.05, 3.63) is 0 Å². The number of aliphatic hydroxyl groups is 2. The summed E-state index contributed by atoms with van der Waals surface area (Å²) in [5, 5.41) is 17.8. The maximum atomic E-state index is 9.31. The molecule has 2 nitrogen and oxygen atoms in total. The molecule has 0 aromatic rings. The molecule has 10 heavy (non-hydrogen) atoms. The third-order valence-corrected chi connectivity index (χ3v) is 3.14. The monoisotopic (exact) mass is 162 g/mol. The van der Waals surface area contributed by atoms with Gasteiger partial charge in [-0.05, 0) is 24.5 Å². The van der Waals surface area contributed by atoms with Crippen LogP contribution in [0.1, 0.15) is 12.8 Å². The molecule has 2 N–H and O–H groups in total. The fourth-order valence-electron chi connectivity index (χ4n) is 1.22. The van der Waals surface area contributed by atoms with Crippen molar-refractivity contribution in [3.8, 4) is 0 Å². The van der Waals surface area contributed by atoms with E-state index in [1.165, 1.54) is 0 Å². The van der Waals surface area contributed by atoms with Crippen LogP contribution in [0, 0.1) is 5.92 Å². The molecule has 0 bridgehead atoms. The van der Waals surface area contributed by atoms with Crippen molar-refractivity contribution in [1.82, 2.24) is 0 Å². The zero-order valence-corrected chi connectivity index (χ0v) is 6.81. The zero-order valence-electron chi connectivity index (χ0n) is 5.99. The molecular formula is C7H14O2S. The van der Waals surface area contributed by atoms with E-state index in [2.05, 4.69) is 0 Å². The number of hydrogen-bond donors (Lipinski definition) is 2. The quantitative estimate of drug-likeness (QED) is 0.634. The summed E-state index contributed by atoms with van der Waals surface area (Å²) in [5.41, 5.74) is 0. The molecule has 1 saturated heterocycles. The molecule has 0 aromatic carbocycles. The normalized spacial score (nSPS) is 33.0. The Morgan fingerprint density at radius 1 is 1.40 bits per heavy atom. The van der Waals surface area contributed by atoms with Gasteiger partial charge in [-0.15, -0.1) is 0 Å². The molecule has 1 rings (SSSR count). The van der Waals surface area contributed by atoms with Crippen molar-refractivity contribution < 1.29 is 10.2 Å². The first-order valence-corrected chi connectivity index (χ1v) is 4.86. The van der Waals surface area contributed by atoms with Gasteiger partial charge in [0.15, 0.2) is 0 Å². The lowest BCUT2D eigenvalue weighted by Crippen LogP contribution is -2.17. The van der Waals surface area contributed by atoms with Gasteiger partial charge in [-0.2, -0.15) is 11.8 Å². The van der Waals surface area contributed by atoms with Gasteiger partial charge in [-0.3, -0.25) is 0 Å². The van der Waals surface area contributed by atoms with Gasteiger partial charge < -0.3 is 10.2 Å². The van der Waals surface area contributed by atoms with Crippen LogP contribution in [0.3, 0.4) is 0 Å². The van der Waals surface area contributed by atoms with Crippen LogP contribution in [0.2, 0.25) is 0 Å². The highest BCUT2D eigenvalue weighted by atomic mass is 32.2. The fourth-order valence-corrected chi connectivity index (χ4v) is 2.56. The van der Waals surface area contributed by atoms with Crippen molar-refractivity contribution in [1.29, 1.82) is 0 Å². The minimum Gasteiger partial charge on any atom is -0.396 e. The topological polar surface area (TPSA) is 40.5 Å². The maximum Gasteiger partial charge on any atom is 0.0666 e. The summed E-state index contributed by atoms with van der Waals surface area (Å²) in [6.45, 7) is 0.258. The Kier molecular flexibility index (Phi) is 3.52. The Bertz CT molecular complexity index is 97.6. The average molecular weight is 162 g/mol. The summed E-state index contributed by atoms with van der Waals surface area (Å²) in [7, 11) is 0. The van der Waals surface area contributed by atoms with Gasteiger partial charge in [0.05, 0.1) is 6.10 Å². The molecule has 0 aliphatic carbocycles. The van der Waals surface area contributed by atoms with E-state index < -0.39 is 0 Å². The second-order valence-electron chi connectivity index (χ2n) is 2.73. The lowest BCUT2D eigenvalue weighted by molar-refractivity contribution is 0.138. The Morgan fingerprint density at radius 2 is 2.20 bits per heavy atom. The summed E-state index contributed by atoms with van der Waals surface area (Å²) >= 11 is 1.81. The van der Waals surface area contributed by atoms with E-state index in [0.29, 0.717) is 5.92 Å².